The smallest absolute Gasteiger partial charge is 0.142 e. The Morgan fingerprint density at radius 1 is 1.67 bits per heavy atom. The average molecular weight is 229 g/mol. The van der Waals surface area contributed by atoms with Gasteiger partial charge in [-0.25, -0.2) is 9.37 Å². The molecule has 0 aliphatic heterocycles. The zero-order valence-corrected chi connectivity index (χ0v) is 7.73. The van der Waals surface area contributed by atoms with E-state index in [2.05, 4.69) is 32.8 Å². The van der Waals surface area contributed by atoms with Crippen LogP contribution in [0.25, 0.3) is 0 Å². The van der Waals surface area contributed by atoms with Crippen LogP contribution in [0.1, 0.15) is 5.56 Å². The van der Waals surface area contributed by atoms with Crippen LogP contribution >= 0.6 is 15.9 Å². The van der Waals surface area contributed by atoms with Crippen LogP contribution < -0.4 is 5.73 Å². The summed E-state index contributed by atoms with van der Waals surface area (Å²) in [5.41, 5.74) is 5.86. The van der Waals surface area contributed by atoms with Crippen molar-refractivity contribution in [1.82, 2.24) is 4.98 Å². The van der Waals surface area contributed by atoms with Crippen molar-refractivity contribution in [2.45, 2.75) is 0 Å². The van der Waals surface area contributed by atoms with E-state index in [1.807, 2.05) is 0 Å². The highest BCUT2D eigenvalue weighted by Gasteiger charge is 1.97. The van der Waals surface area contributed by atoms with Crippen molar-refractivity contribution in [3.05, 3.63) is 23.6 Å². The van der Waals surface area contributed by atoms with E-state index < -0.39 is 5.82 Å². The van der Waals surface area contributed by atoms with Crippen LogP contribution in [0.2, 0.25) is 0 Å². The van der Waals surface area contributed by atoms with E-state index in [0.29, 0.717) is 10.9 Å². The number of rotatable bonds is 0. The molecule has 62 valence electrons. The van der Waals surface area contributed by atoms with Crippen LogP contribution in [0.4, 0.5) is 10.2 Å². The van der Waals surface area contributed by atoms with Crippen molar-refractivity contribution in [3.63, 3.8) is 0 Å². The van der Waals surface area contributed by atoms with Gasteiger partial charge in [-0.2, -0.15) is 0 Å². The molecule has 0 amide bonds. The van der Waals surface area contributed by atoms with Gasteiger partial charge in [0.05, 0.1) is 17.1 Å². The van der Waals surface area contributed by atoms with Crippen LogP contribution in [0.3, 0.4) is 0 Å². The standard InChI is InChI=1S/C8H6BrFN2/c9-3-1-2-6-4-7(10)5-12-8(6)11/h4-5H,3H2,(H2,11,12). The molecule has 1 rings (SSSR count). The molecule has 2 nitrogen and oxygen atoms in total. The molecule has 0 saturated heterocycles. The number of nitrogens with two attached hydrogens (primary N) is 1. The molecule has 0 radical (unpaired) electrons. The predicted molar refractivity (Wildman–Crippen MR) is 49.3 cm³/mol. The first-order valence-corrected chi connectivity index (χ1v) is 4.32. The zero-order chi connectivity index (χ0) is 8.97. The van der Waals surface area contributed by atoms with Gasteiger partial charge in [-0.05, 0) is 6.07 Å². The Hall–Kier alpha value is -1.08. The molecular formula is C8H6BrFN2. The molecule has 1 heterocycles. The highest BCUT2D eigenvalue weighted by atomic mass is 79.9. The summed E-state index contributed by atoms with van der Waals surface area (Å²) in [6, 6.07) is 1.26. The van der Waals surface area contributed by atoms with Crippen LogP contribution in [-0.2, 0) is 0 Å². The highest BCUT2D eigenvalue weighted by molar-refractivity contribution is 9.09. The van der Waals surface area contributed by atoms with Gasteiger partial charge in [0.15, 0.2) is 0 Å². The lowest BCUT2D eigenvalue weighted by molar-refractivity contribution is 0.621. The molecule has 0 atom stereocenters. The van der Waals surface area contributed by atoms with Crippen LogP contribution in [0, 0.1) is 17.7 Å². The van der Waals surface area contributed by atoms with Gasteiger partial charge in [-0.1, -0.05) is 27.8 Å². The summed E-state index contributed by atoms with van der Waals surface area (Å²) in [6.07, 6.45) is 1.06. The highest BCUT2D eigenvalue weighted by Crippen LogP contribution is 2.07. The van der Waals surface area contributed by atoms with E-state index in [9.17, 15) is 4.39 Å². The van der Waals surface area contributed by atoms with E-state index >= 15 is 0 Å². The van der Waals surface area contributed by atoms with Crippen molar-refractivity contribution < 1.29 is 4.39 Å². The fraction of sp³-hybridized carbons (Fsp3) is 0.125. The molecule has 4 heteroatoms. The summed E-state index contributed by atoms with van der Waals surface area (Å²) < 4.78 is 12.6. The number of pyridine rings is 1. The fourth-order valence-electron chi connectivity index (χ4n) is 0.679. The number of hydrogen-bond acceptors (Lipinski definition) is 2. The van der Waals surface area contributed by atoms with Gasteiger partial charge in [-0.15, -0.1) is 0 Å². The number of nitrogen functional groups attached to an aromatic ring is 1. The monoisotopic (exact) mass is 228 g/mol. The maximum atomic E-state index is 12.6. The van der Waals surface area contributed by atoms with Gasteiger partial charge in [-0.3, -0.25) is 0 Å². The van der Waals surface area contributed by atoms with Gasteiger partial charge >= 0.3 is 0 Å². The minimum atomic E-state index is -0.428. The van der Waals surface area contributed by atoms with Crippen LogP contribution in [0.15, 0.2) is 12.3 Å². The fourth-order valence-corrected chi connectivity index (χ4v) is 0.819. The summed E-state index contributed by atoms with van der Waals surface area (Å²) in [5.74, 6) is 5.22. The molecule has 0 aromatic carbocycles. The largest absolute Gasteiger partial charge is 0.383 e. The minimum Gasteiger partial charge on any atom is -0.383 e. The van der Waals surface area contributed by atoms with E-state index in [-0.39, 0.29) is 5.82 Å². The molecule has 0 unspecified atom stereocenters. The topological polar surface area (TPSA) is 38.9 Å². The van der Waals surface area contributed by atoms with E-state index in [0.717, 1.165) is 6.20 Å². The predicted octanol–water partition coefficient (Wildman–Crippen LogP) is 1.55. The second-order valence-corrected chi connectivity index (χ2v) is 2.58. The van der Waals surface area contributed by atoms with Crippen LogP contribution in [0.5, 0.6) is 0 Å². The number of alkyl halides is 1. The zero-order valence-electron chi connectivity index (χ0n) is 6.14. The van der Waals surface area contributed by atoms with Gasteiger partial charge in [0.25, 0.3) is 0 Å². The maximum absolute atomic E-state index is 12.6. The summed E-state index contributed by atoms with van der Waals surface area (Å²) >= 11 is 3.12. The Morgan fingerprint density at radius 3 is 3.08 bits per heavy atom. The second-order valence-electron chi connectivity index (χ2n) is 2.02. The van der Waals surface area contributed by atoms with E-state index in [4.69, 9.17) is 5.73 Å². The third-order valence-corrected chi connectivity index (χ3v) is 1.46. The molecule has 2 N–H and O–H groups in total. The summed E-state index contributed by atoms with van der Waals surface area (Å²) in [5, 5.41) is 0.531. The summed E-state index contributed by atoms with van der Waals surface area (Å²) in [7, 11) is 0. The number of aromatic nitrogens is 1. The Bertz CT molecular complexity index is 341. The summed E-state index contributed by atoms with van der Waals surface area (Å²) in [4.78, 5) is 3.62. The lowest BCUT2D eigenvalue weighted by Gasteiger charge is -1.95. The Kier molecular flexibility index (Phi) is 3.06. The first-order valence-electron chi connectivity index (χ1n) is 3.20. The number of hydrogen-bond donors (Lipinski definition) is 1. The Balaban J connectivity index is 3.05. The number of halogens is 2. The normalized spacial score (nSPS) is 8.83. The van der Waals surface area contributed by atoms with Gasteiger partial charge < -0.3 is 5.73 Å². The molecule has 0 spiro atoms. The number of nitrogens with zero attached hydrogens (tertiary/aromatic N) is 1. The maximum Gasteiger partial charge on any atom is 0.142 e. The molecular weight excluding hydrogens is 223 g/mol. The lowest BCUT2D eigenvalue weighted by Crippen LogP contribution is -1.95. The second kappa shape index (κ2) is 4.07. The Morgan fingerprint density at radius 2 is 2.42 bits per heavy atom. The van der Waals surface area contributed by atoms with Gasteiger partial charge in [0.1, 0.15) is 11.6 Å². The molecule has 0 aliphatic carbocycles. The molecule has 0 saturated carbocycles. The van der Waals surface area contributed by atoms with Crippen molar-refractivity contribution in [3.8, 4) is 11.8 Å². The van der Waals surface area contributed by atoms with Crippen molar-refractivity contribution in [1.29, 1.82) is 0 Å². The molecule has 0 bridgehead atoms. The third-order valence-electron chi connectivity index (χ3n) is 1.18. The van der Waals surface area contributed by atoms with Crippen LogP contribution in [-0.4, -0.2) is 10.3 Å². The van der Waals surface area contributed by atoms with E-state index in [1.165, 1.54) is 6.07 Å². The SMILES string of the molecule is Nc1ncc(F)cc1C#CCBr. The number of anilines is 1. The van der Waals surface area contributed by atoms with Crippen molar-refractivity contribution in [2.24, 2.45) is 0 Å². The first kappa shape index (κ1) is 9.01. The lowest BCUT2D eigenvalue weighted by atomic mass is 10.2. The quantitative estimate of drug-likeness (QED) is 0.541. The van der Waals surface area contributed by atoms with Gasteiger partial charge in [0.2, 0.25) is 0 Å². The van der Waals surface area contributed by atoms with Crippen molar-refractivity contribution in [2.75, 3.05) is 11.1 Å². The molecule has 12 heavy (non-hydrogen) atoms. The van der Waals surface area contributed by atoms with E-state index in [1.54, 1.807) is 0 Å². The van der Waals surface area contributed by atoms with Gasteiger partial charge in [0, 0.05) is 0 Å². The first-order chi connectivity index (χ1) is 5.74. The summed E-state index contributed by atoms with van der Waals surface area (Å²) in [6.45, 7) is 0. The Labute approximate surface area is 78.1 Å². The minimum absolute atomic E-state index is 0.254. The van der Waals surface area contributed by atoms with Crippen molar-refractivity contribution >= 4 is 21.7 Å². The molecule has 1 aromatic rings. The molecule has 0 fully saturated rings. The molecule has 0 aliphatic rings. The average Bonchev–Trinajstić information content (AvgIpc) is 2.07. The molecule has 1 aromatic heterocycles. The third kappa shape index (κ3) is 2.21.